The van der Waals surface area contributed by atoms with Gasteiger partial charge in [0, 0.05) is 5.75 Å². The van der Waals surface area contributed by atoms with Gasteiger partial charge in [0.2, 0.25) is 0 Å². The predicted octanol–water partition coefficient (Wildman–Crippen LogP) is 1.78. The predicted molar refractivity (Wildman–Crippen MR) is 94.3 cm³/mol. The third-order valence-electron chi connectivity index (χ3n) is 4.97. The largest absolute Gasteiger partial charge is 0.328 e. The maximum Gasteiger partial charge on any atom is 0.328 e. The van der Waals surface area contributed by atoms with E-state index in [1.807, 2.05) is 19.9 Å². The molecule has 1 saturated carbocycles. The zero-order chi connectivity index (χ0) is 17.7. The fourth-order valence-electron chi connectivity index (χ4n) is 3.07. The van der Waals surface area contributed by atoms with Gasteiger partial charge in [-0.05, 0) is 36.5 Å². The maximum atomic E-state index is 12.8. The molecule has 6 nitrogen and oxygen atoms in total. The van der Waals surface area contributed by atoms with Gasteiger partial charge in [0.1, 0.15) is 0 Å². The summed E-state index contributed by atoms with van der Waals surface area (Å²) in [7, 11) is -3.31. The highest BCUT2D eigenvalue weighted by atomic mass is 32.2. The lowest BCUT2D eigenvalue weighted by Crippen LogP contribution is -2.42. The SMILES string of the molecule is CCS(=O)(=O)C1(Cn2c(=O)[nH]c3ccc(C(C)C)cc3c2=O)CC1. The maximum absolute atomic E-state index is 12.8. The number of aromatic nitrogens is 2. The second-order valence-corrected chi connectivity index (χ2v) is 9.54. The van der Waals surface area contributed by atoms with Gasteiger partial charge in [0.25, 0.3) is 5.56 Å². The van der Waals surface area contributed by atoms with Crippen LogP contribution in [0, 0.1) is 0 Å². The zero-order valence-electron chi connectivity index (χ0n) is 14.1. The van der Waals surface area contributed by atoms with Gasteiger partial charge >= 0.3 is 5.69 Å². The first-order chi connectivity index (χ1) is 11.2. The van der Waals surface area contributed by atoms with E-state index in [2.05, 4.69) is 4.98 Å². The monoisotopic (exact) mass is 350 g/mol. The summed E-state index contributed by atoms with van der Waals surface area (Å²) in [5.74, 6) is 0.273. The minimum atomic E-state index is -3.31. The summed E-state index contributed by atoms with van der Waals surface area (Å²) in [4.78, 5) is 27.8. The molecule has 0 aliphatic heterocycles. The van der Waals surface area contributed by atoms with Crippen molar-refractivity contribution in [3.63, 3.8) is 0 Å². The molecule has 1 aliphatic carbocycles. The lowest BCUT2D eigenvalue weighted by atomic mass is 10.0. The van der Waals surface area contributed by atoms with Crippen molar-refractivity contribution in [2.75, 3.05) is 5.75 Å². The van der Waals surface area contributed by atoms with Crippen LogP contribution in [-0.2, 0) is 16.4 Å². The molecule has 24 heavy (non-hydrogen) atoms. The quantitative estimate of drug-likeness (QED) is 0.890. The molecule has 3 rings (SSSR count). The van der Waals surface area contributed by atoms with Crippen LogP contribution in [0.2, 0.25) is 0 Å². The van der Waals surface area contributed by atoms with E-state index in [9.17, 15) is 18.0 Å². The van der Waals surface area contributed by atoms with Crippen LogP contribution in [0.25, 0.3) is 10.9 Å². The van der Waals surface area contributed by atoms with Gasteiger partial charge < -0.3 is 4.98 Å². The number of fused-ring (bicyclic) bond motifs is 1. The first-order valence-corrected chi connectivity index (χ1v) is 9.85. The second kappa shape index (κ2) is 5.58. The molecule has 0 amide bonds. The van der Waals surface area contributed by atoms with Gasteiger partial charge in [0.15, 0.2) is 9.84 Å². The Bertz CT molecular complexity index is 1010. The van der Waals surface area contributed by atoms with Crippen LogP contribution in [0.4, 0.5) is 0 Å². The van der Waals surface area contributed by atoms with Gasteiger partial charge in [-0.15, -0.1) is 0 Å². The molecule has 1 aromatic carbocycles. The van der Waals surface area contributed by atoms with Gasteiger partial charge in [0.05, 0.1) is 22.2 Å². The third-order valence-corrected chi connectivity index (χ3v) is 7.58. The minimum absolute atomic E-state index is 0.0186. The molecule has 2 aromatic rings. The van der Waals surface area contributed by atoms with Crippen molar-refractivity contribution < 1.29 is 8.42 Å². The van der Waals surface area contributed by atoms with Crippen LogP contribution in [-0.4, -0.2) is 28.5 Å². The molecule has 1 N–H and O–H groups in total. The Morgan fingerprint density at radius 3 is 2.46 bits per heavy atom. The summed E-state index contributed by atoms with van der Waals surface area (Å²) in [6.45, 7) is 5.58. The van der Waals surface area contributed by atoms with E-state index < -0.39 is 25.8 Å². The van der Waals surface area contributed by atoms with Crippen LogP contribution in [0.1, 0.15) is 45.1 Å². The van der Waals surface area contributed by atoms with E-state index in [1.54, 1.807) is 19.1 Å². The molecule has 0 spiro atoms. The average Bonchev–Trinajstić information content (AvgIpc) is 3.32. The van der Waals surface area contributed by atoms with Crippen molar-refractivity contribution in [2.45, 2.75) is 50.8 Å². The number of rotatable bonds is 5. The van der Waals surface area contributed by atoms with Crippen LogP contribution in [0.5, 0.6) is 0 Å². The van der Waals surface area contributed by atoms with Crippen molar-refractivity contribution in [1.82, 2.24) is 9.55 Å². The van der Waals surface area contributed by atoms with Crippen LogP contribution < -0.4 is 11.2 Å². The van der Waals surface area contributed by atoms with Crippen LogP contribution >= 0.6 is 0 Å². The van der Waals surface area contributed by atoms with E-state index in [-0.39, 0.29) is 18.2 Å². The molecule has 1 aliphatic rings. The van der Waals surface area contributed by atoms with Crippen molar-refractivity contribution in [2.24, 2.45) is 0 Å². The van der Waals surface area contributed by atoms with Crippen molar-refractivity contribution in [1.29, 1.82) is 0 Å². The fourth-order valence-corrected chi connectivity index (χ4v) is 4.73. The number of nitrogens with zero attached hydrogens (tertiary/aromatic N) is 1. The molecular formula is C17H22N2O4S. The number of hydrogen-bond donors (Lipinski definition) is 1. The number of hydrogen-bond acceptors (Lipinski definition) is 4. The number of sulfone groups is 1. The number of aromatic amines is 1. The molecule has 0 saturated heterocycles. The normalized spacial score (nSPS) is 16.7. The summed E-state index contributed by atoms with van der Waals surface area (Å²) in [5, 5.41) is 0.422. The summed E-state index contributed by atoms with van der Waals surface area (Å²) >= 11 is 0. The highest BCUT2D eigenvalue weighted by Crippen LogP contribution is 2.45. The average molecular weight is 350 g/mol. The number of nitrogens with one attached hydrogen (secondary N) is 1. The van der Waals surface area contributed by atoms with Gasteiger partial charge in [-0.1, -0.05) is 26.8 Å². The third kappa shape index (κ3) is 2.60. The highest BCUT2D eigenvalue weighted by Gasteiger charge is 2.54. The molecule has 0 unspecified atom stereocenters. The van der Waals surface area contributed by atoms with E-state index in [0.29, 0.717) is 23.7 Å². The number of H-pyrrole nitrogens is 1. The Labute approximate surface area is 140 Å². The molecule has 0 bridgehead atoms. The Hall–Kier alpha value is -1.89. The smallest absolute Gasteiger partial charge is 0.307 e. The van der Waals surface area contributed by atoms with E-state index in [4.69, 9.17) is 0 Å². The highest BCUT2D eigenvalue weighted by molar-refractivity contribution is 7.93. The van der Waals surface area contributed by atoms with Crippen LogP contribution in [0.3, 0.4) is 0 Å². The van der Waals surface area contributed by atoms with Gasteiger partial charge in [-0.2, -0.15) is 0 Å². The van der Waals surface area contributed by atoms with Crippen molar-refractivity contribution in [3.8, 4) is 0 Å². The number of benzene rings is 1. The van der Waals surface area contributed by atoms with E-state index >= 15 is 0 Å². The summed E-state index contributed by atoms with van der Waals surface area (Å²) in [6.07, 6.45) is 0.998. The molecule has 7 heteroatoms. The van der Waals surface area contributed by atoms with E-state index in [0.717, 1.165) is 10.1 Å². The summed E-state index contributed by atoms with van der Waals surface area (Å²) < 4.78 is 24.7. The van der Waals surface area contributed by atoms with Gasteiger partial charge in [-0.3, -0.25) is 9.36 Å². The Kier molecular flexibility index (Phi) is 3.94. The lowest BCUT2D eigenvalue weighted by Gasteiger charge is -2.16. The van der Waals surface area contributed by atoms with Crippen molar-refractivity contribution in [3.05, 3.63) is 44.6 Å². The molecule has 1 heterocycles. The molecular weight excluding hydrogens is 328 g/mol. The summed E-state index contributed by atoms with van der Waals surface area (Å²) in [6, 6.07) is 5.40. The Morgan fingerprint density at radius 2 is 1.92 bits per heavy atom. The zero-order valence-corrected chi connectivity index (χ0v) is 14.9. The fraction of sp³-hybridized carbons (Fsp3) is 0.529. The molecule has 1 fully saturated rings. The Balaban J connectivity index is 2.16. The lowest BCUT2D eigenvalue weighted by molar-refractivity contribution is 0.538. The Morgan fingerprint density at radius 1 is 1.25 bits per heavy atom. The molecule has 0 radical (unpaired) electrons. The minimum Gasteiger partial charge on any atom is -0.307 e. The molecule has 0 atom stereocenters. The first-order valence-electron chi connectivity index (χ1n) is 8.20. The standard InChI is InChI=1S/C17H22N2O4S/c1-4-24(22,23)17(7-8-17)10-19-15(20)13-9-12(11(2)3)5-6-14(13)18-16(19)21/h5-6,9,11H,4,7-8,10H2,1-3H3,(H,18,21). The summed E-state index contributed by atoms with van der Waals surface area (Å²) in [5.41, 5.74) is 0.505. The van der Waals surface area contributed by atoms with Crippen molar-refractivity contribution >= 4 is 20.7 Å². The molecule has 130 valence electrons. The second-order valence-electron chi connectivity index (χ2n) is 6.87. The van der Waals surface area contributed by atoms with Crippen LogP contribution in [0.15, 0.2) is 27.8 Å². The topological polar surface area (TPSA) is 89.0 Å². The first kappa shape index (κ1) is 17.0. The van der Waals surface area contributed by atoms with Gasteiger partial charge in [-0.25, -0.2) is 13.2 Å². The van der Waals surface area contributed by atoms with E-state index in [1.165, 1.54) is 0 Å². The molecule has 1 aromatic heterocycles.